The summed E-state index contributed by atoms with van der Waals surface area (Å²) in [4.78, 5) is 32.8. The van der Waals surface area contributed by atoms with Gasteiger partial charge in [0.15, 0.2) is 0 Å². The third kappa shape index (κ3) is 4.34. The van der Waals surface area contributed by atoms with Gasteiger partial charge in [0.1, 0.15) is 0 Å². The van der Waals surface area contributed by atoms with Gasteiger partial charge in [0.2, 0.25) is 5.95 Å². The second-order valence-corrected chi connectivity index (χ2v) is 7.63. The summed E-state index contributed by atoms with van der Waals surface area (Å²) < 4.78 is 1.39. The number of nitrogens with zero attached hydrogens (tertiary/aromatic N) is 3. The Morgan fingerprint density at radius 3 is 2.48 bits per heavy atom. The van der Waals surface area contributed by atoms with Crippen molar-refractivity contribution in [3.05, 3.63) is 76.0 Å². The summed E-state index contributed by atoms with van der Waals surface area (Å²) in [5.74, 6) is -0.565. The molecule has 0 radical (unpaired) electrons. The van der Waals surface area contributed by atoms with E-state index < -0.39 is 11.4 Å². The normalized spacial score (nSPS) is 11.3. The smallest absolute Gasteiger partial charge is 0.313 e. The molecule has 150 valence electrons. The van der Waals surface area contributed by atoms with E-state index in [9.17, 15) is 14.7 Å². The molecule has 0 spiro atoms. The van der Waals surface area contributed by atoms with Crippen LogP contribution in [0, 0.1) is 6.92 Å². The predicted molar refractivity (Wildman–Crippen MR) is 112 cm³/mol. The molecule has 0 saturated carbocycles. The molecule has 0 saturated heterocycles. The summed E-state index contributed by atoms with van der Waals surface area (Å²) in [6.07, 6.45) is 4.97. The number of carbonyl (C=O) groups is 1. The number of pyridine rings is 1. The number of benzene rings is 1. The van der Waals surface area contributed by atoms with Gasteiger partial charge in [-0.2, -0.15) is 0 Å². The average molecular weight is 392 g/mol. The van der Waals surface area contributed by atoms with Crippen LogP contribution in [0.3, 0.4) is 0 Å². The summed E-state index contributed by atoms with van der Waals surface area (Å²) in [6.45, 7) is 5.69. The first-order chi connectivity index (χ1) is 13.7. The number of hydrogen-bond acceptors (Lipinski definition) is 5. The molecule has 0 bridgehead atoms. The van der Waals surface area contributed by atoms with Gasteiger partial charge in [0.05, 0.1) is 5.41 Å². The number of aromatic nitrogens is 3. The van der Waals surface area contributed by atoms with Crippen LogP contribution in [0.1, 0.15) is 30.5 Å². The molecule has 1 aromatic carbocycles. The van der Waals surface area contributed by atoms with E-state index in [4.69, 9.17) is 0 Å². The molecule has 3 aromatic rings. The minimum Gasteiger partial charge on any atom is -0.481 e. The van der Waals surface area contributed by atoms with Crippen LogP contribution >= 0.6 is 0 Å². The van der Waals surface area contributed by atoms with E-state index in [2.05, 4.69) is 21.4 Å². The number of rotatable bonds is 6. The van der Waals surface area contributed by atoms with Crippen molar-refractivity contribution in [1.82, 2.24) is 14.5 Å². The highest BCUT2D eigenvalue weighted by Crippen LogP contribution is 2.25. The summed E-state index contributed by atoms with van der Waals surface area (Å²) in [6, 6.07) is 9.78. The minimum atomic E-state index is -1.30. The lowest BCUT2D eigenvalue weighted by atomic mass is 9.84. The maximum Gasteiger partial charge on any atom is 0.313 e. The van der Waals surface area contributed by atoms with Crippen LogP contribution in [0.15, 0.2) is 53.7 Å². The summed E-state index contributed by atoms with van der Waals surface area (Å²) in [7, 11) is 1.60. The topological polar surface area (TPSA) is 97.1 Å². The van der Waals surface area contributed by atoms with E-state index in [1.807, 2.05) is 25.1 Å². The lowest BCUT2D eigenvalue weighted by Crippen LogP contribution is -2.36. The Bertz CT molecular complexity index is 1100. The first kappa shape index (κ1) is 20.3. The maximum absolute atomic E-state index is 12.5. The van der Waals surface area contributed by atoms with Crippen LogP contribution < -0.4 is 10.9 Å². The highest BCUT2D eigenvalue weighted by Gasteiger charge is 2.33. The molecular formula is C22H24N4O3. The molecule has 0 aliphatic rings. The molecule has 29 heavy (non-hydrogen) atoms. The first-order valence-corrected chi connectivity index (χ1v) is 9.25. The second kappa shape index (κ2) is 7.87. The van der Waals surface area contributed by atoms with Crippen molar-refractivity contribution in [3.8, 4) is 11.1 Å². The molecule has 2 N–H and O–H groups in total. The van der Waals surface area contributed by atoms with Crippen molar-refractivity contribution in [1.29, 1.82) is 0 Å². The zero-order valence-corrected chi connectivity index (χ0v) is 16.9. The first-order valence-electron chi connectivity index (χ1n) is 9.25. The Morgan fingerprint density at radius 1 is 1.17 bits per heavy atom. The molecule has 0 aliphatic heterocycles. The summed E-state index contributed by atoms with van der Waals surface area (Å²) >= 11 is 0. The van der Waals surface area contributed by atoms with Gasteiger partial charge in [-0.3, -0.25) is 9.59 Å². The summed E-state index contributed by atoms with van der Waals surface area (Å²) in [5, 5.41) is 12.7. The SMILES string of the molecule is Cc1cccc(CNc2ncc(-c3cc(C(C)(C)C(=O)O)c(=O)n(C)c3)cn2)c1. The number of nitrogens with one attached hydrogen (secondary N) is 1. The number of carboxylic acid groups (broad SMARTS) is 1. The zero-order chi connectivity index (χ0) is 21.2. The van der Waals surface area contributed by atoms with Crippen molar-refractivity contribution < 1.29 is 9.90 Å². The van der Waals surface area contributed by atoms with Gasteiger partial charge in [-0.15, -0.1) is 0 Å². The number of carboxylic acids is 1. The highest BCUT2D eigenvalue weighted by atomic mass is 16.4. The Labute approximate surface area is 169 Å². The van der Waals surface area contributed by atoms with E-state index >= 15 is 0 Å². The second-order valence-electron chi connectivity index (χ2n) is 7.63. The van der Waals surface area contributed by atoms with Crippen LogP contribution in [-0.2, 0) is 23.8 Å². The monoisotopic (exact) mass is 392 g/mol. The molecule has 2 heterocycles. The van der Waals surface area contributed by atoms with Crippen LogP contribution in [0.5, 0.6) is 0 Å². The van der Waals surface area contributed by atoms with Crippen LogP contribution in [0.25, 0.3) is 11.1 Å². The van der Waals surface area contributed by atoms with Crippen molar-refractivity contribution in [2.45, 2.75) is 32.7 Å². The minimum absolute atomic E-state index is 0.214. The Morgan fingerprint density at radius 2 is 1.86 bits per heavy atom. The van der Waals surface area contributed by atoms with Crippen molar-refractivity contribution in [3.63, 3.8) is 0 Å². The highest BCUT2D eigenvalue weighted by molar-refractivity contribution is 5.81. The van der Waals surface area contributed by atoms with Gasteiger partial charge in [0.25, 0.3) is 5.56 Å². The van der Waals surface area contributed by atoms with Gasteiger partial charge in [0, 0.05) is 48.9 Å². The molecule has 0 amide bonds. The van der Waals surface area contributed by atoms with E-state index in [0.29, 0.717) is 23.6 Å². The van der Waals surface area contributed by atoms with Crippen molar-refractivity contribution in [2.24, 2.45) is 7.05 Å². The molecule has 3 rings (SSSR count). The molecule has 7 heteroatoms. The van der Waals surface area contributed by atoms with Gasteiger partial charge >= 0.3 is 5.97 Å². The Kier molecular flexibility index (Phi) is 5.50. The third-order valence-electron chi connectivity index (χ3n) is 4.91. The van der Waals surface area contributed by atoms with E-state index in [-0.39, 0.29) is 11.1 Å². The molecule has 0 fully saturated rings. The average Bonchev–Trinajstić information content (AvgIpc) is 2.68. The van der Waals surface area contributed by atoms with Crippen molar-refractivity contribution >= 4 is 11.9 Å². The fourth-order valence-electron chi connectivity index (χ4n) is 3.00. The summed E-state index contributed by atoms with van der Waals surface area (Å²) in [5.41, 5.74) is 2.28. The molecule has 0 unspecified atom stereocenters. The van der Waals surface area contributed by atoms with E-state index in [1.165, 1.54) is 24.0 Å². The largest absolute Gasteiger partial charge is 0.481 e. The van der Waals surface area contributed by atoms with Crippen LogP contribution in [0.4, 0.5) is 5.95 Å². The molecule has 7 nitrogen and oxygen atoms in total. The lowest BCUT2D eigenvalue weighted by Gasteiger charge is -2.20. The number of anilines is 1. The number of aliphatic carboxylic acids is 1. The standard InChI is InChI=1S/C22H24N4O3/c1-14-6-5-7-15(8-14)10-23-21-24-11-17(12-25-21)16-9-18(19(27)26(4)13-16)22(2,3)20(28)29/h5-9,11-13H,10H2,1-4H3,(H,28,29)(H,23,24,25). The Hall–Kier alpha value is -3.48. The quantitative estimate of drug-likeness (QED) is 0.669. The van der Waals surface area contributed by atoms with Crippen LogP contribution in [0.2, 0.25) is 0 Å². The molecule has 0 atom stereocenters. The predicted octanol–water partition coefficient (Wildman–Crippen LogP) is 3.13. The van der Waals surface area contributed by atoms with Gasteiger partial charge in [-0.1, -0.05) is 29.8 Å². The zero-order valence-electron chi connectivity index (χ0n) is 16.9. The number of hydrogen-bond donors (Lipinski definition) is 2. The number of aryl methyl sites for hydroxylation is 2. The molecule has 2 aromatic heterocycles. The molecular weight excluding hydrogens is 368 g/mol. The lowest BCUT2D eigenvalue weighted by molar-refractivity contribution is -0.142. The van der Waals surface area contributed by atoms with Gasteiger partial charge < -0.3 is 15.0 Å². The van der Waals surface area contributed by atoms with Crippen molar-refractivity contribution in [2.75, 3.05) is 5.32 Å². The third-order valence-corrected chi connectivity index (χ3v) is 4.91. The molecule has 0 aliphatic carbocycles. The Balaban J connectivity index is 1.85. The van der Waals surface area contributed by atoms with E-state index in [0.717, 1.165) is 5.56 Å². The fourth-order valence-corrected chi connectivity index (χ4v) is 3.00. The van der Waals surface area contributed by atoms with Gasteiger partial charge in [-0.25, -0.2) is 9.97 Å². The van der Waals surface area contributed by atoms with Crippen LogP contribution in [-0.4, -0.2) is 25.6 Å². The maximum atomic E-state index is 12.5. The fraction of sp³-hybridized carbons (Fsp3) is 0.273. The van der Waals surface area contributed by atoms with Gasteiger partial charge in [-0.05, 0) is 32.4 Å². The van der Waals surface area contributed by atoms with E-state index in [1.54, 1.807) is 31.7 Å².